The lowest BCUT2D eigenvalue weighted by Crippen LogP contribution is -2.35. The molecule has 0 radical (unpaired) electrons. The lowest BCUT2D eigenvalue weighted by atomic mass is 10.0. The van der Waals surface area contributed by atoms with Gasteiger partial charge in [0.1, 0.15) is 28.5 Å². The molecular formula is C38H38N8O3. The molecule has 6 aromatic rings. The Hall–Kier alpha value is -6.02. The average Bonchev–Trinajstić information content (AvgIpc) is 3.64. The van der Waals surface area contributed by atoms with Gasteiger partial charge in [0, 0.05) is 61.7 Å². The molecule has 11 heteroatoms. The topological polar surface area (TPSA) is 120 Å². The minimum atomic E-state index is -0.629. The molecule has 248 valence electrons. The third-order valence-electron chi connectivity index (χ3n) is 7.93. The quantitative estimate of drug-likeness (QED) is 0.202. The summed E-state index contributed by atoms with van der Waals surface area (Å²) in [5.41, 5.74) is 6.54. The molecule has 0 bridgehead atoms. The molecule has 0 spiro atoms. The van der Waals surface area contributed by atoms with E-state index in [1.54, 1.807) is 52.6 Å². The number of ether oxygens (including phenoxy) is 1. The van der Waals surface area contributed by atoms with Crippen LogP contribution in [0.1, 0.15) is 49.7 Å². The molecule has 1 N–H and O–H groups in total. The van der Waals surface area contributed by atoms with Gasteiger partial charge >= 0.3 is 6.09 Å². The Balaban J connectivity index is 1.40. The predicted molar refractivity (Wildman–Crippen MR) is 190 cm³/mol. The van der Waals surface area contributed by atoms with Crippen molar-refractivity contribution in [1.29, 1.82) is 0 Å². The highest BCUT2D eigenvalue weighted by molar-refractivity contribution is 5.91. The van der Waals surface area contributed by atoms with Crippen molar-refractivity contribution in [1.82, 2.24) is 33.8 Å². The van der Waals surface area contributed by atoms with Gasteiger partial charge in [0.05, 0.1) is 23.9 Å². The Labute approximate surface area is 285 Å². The molecule has 0 aliphatic heterocycles. The molecule has 1 aromatic carbocycles. The highest BCUT2D eigenvalue weighted by atomic mass is 16.6. The van der Waals surface area contributed by atoms with Crippen LogP contribution in [0.5, 0.6) is 0 Å². The van der Waals surface area contributed by atoms with Crippen LogP contribution in [0.3, 0.4) is 0 Å². The summed E-state index contributed by atoms with van der Waals surface area (Å²) in [6.07, 6.45) is 6.87. The second-order valence-corrected chi connectivity index (χ2v) is 13.0. The Morgan fingerprint density at radius 2 is 1.84 bits per heavy atom. The molecule has 2 amide bonds. The zero-order valence-corrected chi connectivity index (χ0v) is 28.7. The minimum Gasteiger partial charge on any atom is -0.444 e. The number of aryl methyl sites for hydroxylation is 3. The summed E-state index contributed by atoms with van der Waals surface area (Å²) in [6.45, 7) is 9.59. The first-order valence-corrected chi connectivity index (χ1v) is 15.9. The number of anilines is 1. The van der Waals surface area contributed by atoms with E-state index >= 15 is 0 Å². The van der Waals surface area contributed by atoms with Crippen molar-refractivity contribution in [2.45, 2.75) is 46.6 Å². The van der Waals surface area contributed by atoms with Crippen molar-refractivity contribution in [3.8, 4) is 34.5 Å². The van der Waals surface area contributed by atoms with Crippen LogP contribution in [0.4, 0.5) is 10.6 Å². The summed E-state index contributed by atoms with van der Waals surface area (Å²) in [5, 5.41) is 4.99. The van der Waals surface area contributed by atoms with Crippen LogP contribution in [0.2, 0.25) is 0 Å². The third-order valence-corrected chi connectivity index (χ3v) is 7.93. The Morgan fingerprint density at radius 3 is 2.59 bits per heavy atom. The number of nitrogens with zero attached hydrogens (tertiary/aromatic N) is 7. The monoisotopic (exact) mass is 654 g/mol. The molecule has 0 fully saturated rings. The lowest BCUT2D eigenvalue weighted by Gasteiger charge is -2.24. The van der Waals surface area contributed by atoms with Crippen LogP contribution in [-0.4, -0.2) is 65.0 Å². The summed E-state index contributed by atoms with van der Waals surface area (Å²) in [5.74, 6) is 6.64. The van der Waals surface area contributed by atoms with Crippen LogP contribution >= 0.6 is 0 Å². The molecule has 0 saturated carbocycles. The highest BCUT2D eigenvalue weighted by Gasteiger charge is 2.23. The number of hydrogen-bond acceptors (Lipinski definition) is 7. The standard InChI is InChI=1S/C38H38N8O3/c1-24-15-19-46-33(20-24)43-35(31-22-39-23-45(31)7)36(46)29-11-13-32(42-34(47)16-18-44(6)37(48)49-38(3,4)5)41-30(29)12-9-26-8-10-28-25(2)40-17-14-27(28)21-26/h8,10-11,13-15,17,19-23H,16,18H2,1-7H3,(H,41,42,47). The zero-order chi connectivity index (χ0) is 34.9. The van der Waals surface area contributed by atoms with E-state index < -0.39 is 11.7 Å². The van der Waals surface area contributed by atoms with Gasteiger partial charge in [0.15, 0.2) is 0 Å². The van der Waals surface area contributed by atoms with Crippen LogP contribution in [0.15, 0.2) is 73.4 Å². The van der Waals surface area contributed by atoms with E-state index in [-0.39, 0.29) is 18.9 Å². The zero-order valence-electron chi connectivity index (χ0n) is 28.7. The van der Waals surface area contributed by atoms with Gasteiger partial charge in [0.25, 0.3) is 0 Å². The van der Waals surface area contributed by atoms with E-state index in [4.69, 9.17) is 14.7 Å². The number of aromatic nitrogens is 6. The summed E-state index contributed by atoms with van der Waals surface area (Å²) in [6, 6.07) is 15.7. The fourth-order valence-corrected chi connectivity index (χ4v) is 5.43. The maximum atomic E-state index is 13.0. The molecule has 5 aromatic heterocycles. The second-order valence-electron chi connectivity index (χ2n) is 13.0. The molecule has 5 heterocycles. The molecule has 0 atom stereocenters. The van der Waals surface area contributed by atoms with Crippen molar-refractivity contribution in [2.24, 2.45) is 7.05 Å². The minimum absolute atomic E-state index is 0.0583. The number of nitrogens with one attached hydrogen (secondary N) is 1. The van der Waals surface area contributed by atoms with Crippen LogP contribution < -0.4 is 5.32 Å². The summed E-state index contributed by atoms with van der Waals surface area (Å²) in [7, 11) is 3.53. The number of benzene rings is 1. The normalized spacial score (nSPS) is 11.3. The van der Waals surface area contributed by atoms with Crippen molar-refractivity contribution >= 4 is 34.2 Å². The van der Waals surface area contributed by atoms with Gasteiger partial charge in [-0.15, -0.1) is 0 Å². The lowest BCUT2D eigenvalue weighted by molar-refractivity contribution is -0.116. The van der Waals surface area contributed by atoms with Crippen molar-refractivity contribution < 1.29 is 14.3 Å². The molecular weight excluding hydrogens is 616 g/mol. The molecule has 0 saturated heterocycles. The van der Waals surface area contributed by atoms with E-state index in [2.05, 4.69) is 27.1 Å². The fourth-order valence-electron chi connectivity index (χ4n) is 5.43. The van der Waals surface area contributed by atoms with Crippen molar-refractivity contribution in [3.05, 3.63) is 96.0 Å². The largest absolute Gasteiger partial charge is 0.444 e. The SMILES string of the molecule is Cc1ccn2c(-c3ccc(NC(=O)CCN(C)C(=O)OC(C)(C)C)nc3C#Cc3ccc4c(C)nccc4c3)c(-c3cncn3C)nc2c1. The number of pyridine rings is 3. The number of rotatable bonds is 6. The van der Waals surface area contributed by atoms with Crippen molar-refractivity contribution in [3.63, 3.8) is 0 Å². The van der Waals surface area contributed by atoms with Gasteiger partial charge in [-0.25, -0.2) is 19.7 Å². The smallest absolute Gasteiger partial charge is 0.410 e. The van der Waals surface area contributed by atoms with Crippen LogP contribution in [0.25, 0.3) is 39.1 Å². The summed E-state index contributed by atoms with van der Waals surface area (Å²) >= 11 is 0. The van der Waals surface area contributed by atoms with E-state index in [0.717, 1.165) is 55.9 Å². The molecule has 0 aliphatic rings. The summed E-state index contributed by atoms with van der Waals surface area (Å²) in [4.78, 5) is 45.4. The molecule has 11 nitrogen and oxygen atoms in total. The maximum absolute atomic E-state index is 13.0. The third kappa shape index (κ3) is 7.28. The van der Waals surface area contributed by atoms with Crippen LogP contribution in [-0.2, 0) is 16.6 Å². The van der Waals surface area contributed by atoms with Gasteiger partial charge in [0.2, 0.25) is 5.91 Å². The Kier molecular flexibility index (Phi) is 8.89. The first-order valence-electron chi connectivity index (χ1n) is 15.9. The van der Waals surface area contributed by atoms with Crippen molar-refractivity contribution in [2.75, 3.05) is 18.9 Å². The van der Waals surface area contributed by atoms with E-state index in [1.807, 2.05) is 78.5 Å². The van der Waals surface area contributed by atoms with Gasteiger partial charge in [-0.3, -0.25) is 14.2 Å². The fraction of sp³-hybridized carbons (Fsp3) is 0.263. The van der Waals surface area contributed by atoms with Crippen LogP contribution in [0, 0.1) is 25.7 Å². The Bertz CT molecular complexity index is 2280. The van der Waals surface area contributed by atoms with Gasteiger partial charge in [-0.1, -0.05) is 12.0 Å². The Morgan fingerprint density at radius 1 is 1.02 bits per heavy atom. The maximum Gasteiger partial charge on any atom is 0.410 e. The average molecular weight is 655 g/mol. The number of carbonyl (C=O) groups excluding carboxylic acids is 2. The number of hydrogen-bond donors (Lipinski definition) is 1. The number of fused-ring (bicyclic) bond motifs is 2. The van der Waals surface area contributed by atoms with E-state index in [0.29, 0.717) is 11.5 Å². The first kappa shape index (κ1) is 32.9. The number of imidazole rings is 2. The molecule has 6 rings (SSSR count). The molecule has 0 unspecified atom stereocenters. The molecule has 49 heavy (non-hydrogen) atoms. The number of amides is 2. The second kappa shape index (κ2) is 13.2. The summed E-state index contributed by atoms with van der Waals surface area (Å²) < 4.78 is 9.34. The molecule has 0 aliphatic carbocycles. The predicted octanol–water partition coefficient (Wildman–Crippen LogP) is 6.56. The number of carbonyl (C=O) groups is 2. The highest BCUT2D eigenvalue weighted by Crippen LogP contribution is 2.35. The van der Waals surface area contributed by atoms with E-state index in [9.17, 15) is 9.59 Å². The first-order chi connectivity index (χ1) is 23.4. The van der Waals surface area contributed by atoms with E-state index in [1.165, 1.54) is 4.90 Å². The van der Waals surface area contributed by atoms with Gasteiger partial charge in [-0.05, 0) is 94.0 Å². The van der Waals surface area contributed by atoms with Gasteiger partial charge in [-0.2, -0.15) is 0 Å². The van der Waals surface area contributed by atoms with Gasteiger partial charge < -0.3 is 19.5 Å².